The van der Waals surface area contributed by atoms with E-state index in [0.717, 1.165) is 33.5 Å². The lowest BCUT2D eigenvalue weighted by atomic mass is 9.99. The molecule has 1 atom stereocenters. The Hall–Kier alpha value is -3.36. The summed E-state index contributed by atoms with van der Waals surface area (Å²) in [6.45, 7) is 3.76. The van der Waals surface area contributed by atoms with Crippen LogP contribution in [0.5, 0.6) is 0 Å². The maximum atomic E-state index is 5.92. The van der Waals surface area contributed by atoms with Crippen molar-refractivity contribution in [3.63, 3.8) is 0 Å². The molecule has 0 aliphatic heterocycles. The van der Waals surface area contributed by atoms with Gasteiger partial charge in [-0.05, 0) is 48.5 Å². The van der Waals surface area contributed by atoms with Crippen molar-refractivity contribution in [3.8, 4) is 33.5 Å². The lowest BCUT2D eigenvalue weighted by molar-refractivity contribution is 1.41. The number of hydrogen-bond donors (Lipinski definition) is 3. The monoisotopic (exact) mass is 384 g/mol. The molecular formula is C23H21N4P. The van der Waals surface area contributed by atoms with Crippen LogP contribution in [0.1, 0.15) is 0 Å². The van der Waals surface area contributed by atoms with E-state index in [4.69, 9.17) is 11.5 Å². The van der Waals surface area contributed by atoms with E-state index in [9.17, 15) is 0 Å². The van der Waals surface area contributed by atoms with Crippen LogP contribution in [-0.4, -0.2) is 9.97 Å². The van der Waals surface area contributed by atoms with Crippen LogP contribution in [0.3, 0.4) is 0 Å². The molecule has 0 saturated heterocycles. The first kappa shape index (κ1) is 18.0. The first-order chi connectivity index (χ1) is 13.6. The van der Waals surface area contributed by atoms with Crippen LogP contribution < -0.4 is 17.0 Å². The van der Waals surface area contributed by atoms with Crippen molar-refractivity contribution in [2.75, 3.05) is 11.5 Å². The first-order valence-electron chi connectivity index (χ1n) is 8.93. The van der Waals surface area contributed by atoms with Crippen LogP contribution in [0.2, 0.25) is 0 Å². The second-order valence-corrected chi connectivity index (χ2v) is 7.66. The highest BCUT2D eigenvalue weighted by atomic mass is 31.1. The molecule has 1 aromatic heterocycles. The molecule has 4 rings (SSSR count). The molecular weight excluding hydrogens is 363 g/mol. The Morgan fingerprint density at radius 1 is 0.750 bits per heavy atom. The van der Waals surface area contributed by atoms with Gasteiger partial charge < -0.3 is 16.5 Å². The van der Waals surface area contributed by atoms with Crippen molar-refractivity contribution in [1.29, 1.82) is 0 Å². The number of nitrogens with one attached hydrogen (secondary N) is 1. The van der Waals surface area contributed by atoms with Crippen molar-refractivity contribution < 1.29 is 0 Å². The minimum absolute atomic E-state index is 0.495. The van der Waals surface area contributed by atoms with Crippen molar-refractivity contribution in [2.45, 2.75) is 0 Å². The van der Waals surface area contributed by atoms with Gasteiger partial charge in [-0.15, -0.1) is 0 Å². The number of H-pyrrole nitrogens is 1. The van der Waals surface area contributed by atoms with Gasteiger partial charge in [0.1, 0.15) is 5.57 Å². The van der Waals surface area contributed by atoms with Gasteiger partial charge in [0.05, 0.1) is 23.3 Å². The quantitative estimate of drug-likeness (QED) is 0.334. The molecule has 3 aromatic carbocycles. The minimum Gasteiger partial charge on any atom is -0.397 e. The zero-order valence-corrected chi connectivity index (χ0v) is 16.3. The summed E-state index contributed by atoms with van der Waals surface area (Å²) < 4.78 is 0. The number of hydrogen-bond acceptors (Lipinski definition) is 3. The van der Waals surface area contributed by atoms with E-state index >= 15 is 0 Å². The Morgan fingerprint density at radius 2 is 1.29 bits per heavy atom. The van der Waals surface area contributed by atoms with Gasteiger partial charge in [-0.25, -0.2) is 4.98 Å². The van der Waals surface area contributed by atoms with Crippen LogP contribution in [0.15, 0.2) is 85.3 Å². The Morgan fingerprint density at radius 3 is 1.86 bits per heavy atom. The summed E-state index contributed by atoms with van der Waals surface area (Å²) in [5.41, 5.74) is 20.5. The molecule has 0 spiro atoms. The van der Waals surface area contributed by atoms with Gasteiger partial charge in [0, 0.05) is 0 Å². The Bertz CT molecular complexity index is 1110. The van der Waals surface area contributed by atoms with Gasteiger partial charge in [0.2, 0.25) is 0 Å². The first-order valence-corrected chi connectivity index (χ1v) is 10.0. The summed E-state index contributed by atoms with van der Waals surface area (Å²) in [6.07, 6.45) is 1.87. The van der Waals surface area contributed by atoms with Crippen LogP contribution in [0.25, 0.3) is 33.5 Å². The average molecular weight is 384 g/mol. The third-order valence-electron chi connectivity index (χ3n) is 4.65. The molecule has 4 nitrogen and oxygen atoms in total. The summed E-state index contributed by atoms with van der Waals surface area (Å²) in [7, 11) is 0.495. The Labute approximate surface area is 166 Å². The molecule has 0 fully saturated rings. The molecule has 5 N–H and O–H groups in total. The summed E-state index contributed by atoms with van der Waals surface area (Å²) in [4.78, 5) is 7.72. The number of imidazole rings is 1. The van der Waals surface area contributed by atoms with Crippen molar-refractivity contribution in [1.82, 2.24) is 9.97 Å². The molecule has 4 aromatic rings. The van der Waals surface area contributed by atoms with Crippen molar-refractivity contribution >= 4 is 25.5 Å². The zero-order chi connectivity index (χ0) is 19.5. The zero-order valence-electron chi connectivity index (χ0n) is 15.3. The molecule has 0 aliphatic carbocycles. The minimum atomic E-state index is 0.495. The summed E-state index contributed by atoms with van der Waals surface area (Å²) in [5.74, 6) is 1.87. The largest absolute Gasteiger partial charge is 0.397 e. The van der Waals surface area contributed by atoms with Gasteiger partial charge in [-0.1, -0.05) is 67.0 Å². The van der Waals surface area contributed by atoms with E-state index in [1.807, 2.05) is 30.2 Å². The van der Waals surface area contributed by atoms with Gasteiger partial charge in [-0.3, -0.25) is 0 Å². The Kier molecular flexibility index (Phi) is 4.96. The third kappa shape index (κ3) is 3.68. The van der Waals surface area contributed by atoms with E-state index in [-0.39, 0.29) is 0 Å². The normalized spacial score (nSPS) is 11.1. The standard InChI is InChI=1S/C23H21N4P/c1-2-28-23-26-14-22(27-23)18-9-7-16(8-10-18)15-3-5-17(6-4-15)19-11-12-20(24)21(25)13-19/h2-14,28H,1,24-25H2,(H,26,27). The highest BCUT2D eigenvalue weighted by Crippen LogP contribution is 2.29. The van der Waals surface area contributed by atoms with Crippen LogP contribution >= 0.6 is 8.58 Å². The van der Waals surface area contributed by atoms with E-state index in [1.165, 1.54) is 5.56 Å². The number of aromatic amines is 1. The molecule has 0 saturated carbocycles. The number of anilines is 2. The second kappa shape index (κ2) is 7.71. The highest BCUT2D eigenvalue weighted by molar-refractivity contribution is 7.49. The van der Waals surface area contributed by atoms with Gasteiger partial charge in [0.15, 0.2) is 0 Å². The third-order valence-corrected chi connectivity index (χ3v) is 5.38. The van der Waals surface area contributed by atoms with E-state index < -0.39 is 0 Å². The Balaban J connectivity index is 1.55. The van der Waals surface area contributed by atoms with Gasteiger partial charge in [-0.2, -0.15) is 0 Å². The fourth-order valence-corrected chi connectivity index (χ4v) is 3.63. The SMILES string of the molecule is C=CPc1ncc(-c2ccc(-c3ccc(-c4ccc(N)c(N)c4)cc3)cc2)[nH]1. The topological polar surface area (TPSA) is 80.7 Å². The van der Waals surface area contributed by atoms with E-state index in [0.29, 0.717) is 20.0 Å². The molecule has 1 heterocycles. The fraction of sp³-hybridized carbons (Fsp3) is 0. The molecule has 28 heavy (non-hydrogen) atoms. The lowest BCUT2D eigenvalue weighted by Crippen LogP contribution is -1.96. The molecule has 5 heteroatoms. The van der Waals surface area contributed by atoms with E-state index in [2.05, 4.69) is 65.1 Å². The van der Waals surface area contributed by atoms with Crippen LogP contribution in [0, 0.1) is 0 Å². The maximum absolute atomic E-state index is 5.92. The van der Waals surface area contributed by atoms with Gasteiger partial charge >= 0.3 is 0 Å². The number of nitrogen functional groups attached to an aromatic ring is 2. The molecule has 0 bridgehead atoms. The second-order valence-electron chi connectivity index (χ2n) is 6.49. The average Bonchev–Trinajstić information content (AvgIpc) is 3.19. The summed E-state index contributed by atoms with van der Waals surface area (Å²) in [6, 6.07) is 22.7. The smallest absolute Gasteiger partial charge is 0.130 e. The predicted octanol–water partition coefficient (Wildman–Crippen LogP) is 5.02. The number of nitrogens with zero attached hydrogens (tertiary/aromatic N) is 1. The van der Waals surface area contributed by atoms with Crippen LogP contribution in [0.4, 0.5) is 11.4 Å². The van der Waals surface area contributed by atoms with Crippen molar-refractivity contribution in [3.05, 3.63) is 85.3 Å². The predicted molar refractivity (Wildman–Crippen MR) is 122 cm³/mol. The van der Waals surface area contributed by atoms with Crippen LogP contribution in [-0.2, 0) is 0 Å². The summed E-state index contributed by atoms with van der Waals surface area (Å²) in [5, 5.41) is 0. The number of benzene rings is 3. The number of rotatable bonds is 5. The van der Waals surface area contributed by atoms with Crippen molar-refractivity contribution in [2.24, 2.45) is 0 Å². The molecule has 1 unspecified atom stereocenters. The number of nitrogens with two attached hydrogens (primary N) is 2. The molecule has 0 amide bonds. The maximum Gasteiger partial charge on any atom is 0.130 e. The lowest BCUT2D eigenvalue weighted by Gasteiger charge is -2.08. The molecule has 138 valence electrons. The van der Waals surface area contributed by atoms with E-state index in [1.54, 1.807) is 0 Å². The molecule has 0 radical (unpaired) electrons. The molecule has 0 aliphatic rings. The highest BCUT2D eigenvalue weighted by Gasteiger charge is 2.05. The fourth-order valence-electron chi connectivity index (χ4n) is 3.09. The number of aromatic nitrogens is 2. The van der Waals surface area contributed by atoms with Gasteiger partial charge in [0.25, 0.3) is 0 Å². The summed E-state index contributed by atoms with van der Waals surface area (Å²) >= 11 is 0.